The van der Waals surface area contributed by atoms with Crippen LogP contribution in [0.2, 0.25) is 0 Å². The highest BCUT2D eigenvalue weighted by Crippen LogP contribution is 2.17. The number of para-hydroxylation sites is 1. The number of anilines is 2. The standard InChI is InChI=1S/C22H30N4O3S/c1-24(2)20-11-9-19(10-12-20)22(27)23-13-6-18-30(28,29)26-16-14-25(15-17-26)21-7-4-3-5-8-21/h3-5,7-12H,6,13-18H2,1-2H3,(H,23,27). The number of nitrogens with one attached hydrogen (secondary N) is 1. The number of amides is 1. The Morgan fingerprint density at radius 3 is 2.20 bits per heavy atom. The summed E-state index contributed by atoms with van der Waals surface area (Å²) < 4.78 is 26.8. The molecule has 0 aromatic heterocycles. The molecule has 1 saturated heterocycles. The first-order valence-electron chi connectivity index (χ1n) is 10.2. The van der Waals surface area contributed by atoms with Crippen LogP contribution < -0.4 is 15.1 Å². The van der Waals surface area contributed by atoms with Gasteiger partial charge in [-0.15, -0.1) is 0 Å². The molecule has 7 nitrogen and oxygen atoms in total. The second-order valence-corrected chi connectivity index (χ2v) is 9.68. The molecule has 3 rings (SSSR count). The Balaban J connectivity index is 1.41. The molecule has 1 heterocycles. The predicted octanol–water partition coefficient (Wildman–Crippen LogP) is 2.02. The summed E-state index contributed by atoms with van der Waals surface area (Å²) in [5.74, 6) is -0.146. The van der Waals surface area contributed by atoms with Crippen LogP contribution in [0.4, 0.5) is 11.4 Å². The lowest BCUT2D eigenvalue weighted by atomic mass is 10.2. The third-order valence-electron chi connectivity index (χ3n) is 5.26. The molecule has 0 aliphatic carbocycles. The Labute approximate surface area is 179 Å². The van der Waals surface area contributed by atoms with Crippen molar-refractivity contribution in [3.8, 4) is 0 Å². The van der Waals surface area contributed by atoms with E-state index in [2.05, 4.69) is 10.2 Å². The fourth-order valence-electron chi connectivity index (χ4n) is 3.46. The maximum absolute atomic E-state index is 12.6. The zero-order valence-corrected chi connectivity index (χ0v) is 18.4. The third kappa shape index (κ3) is 5.73. The van der Waals surface area contributed by atoms with E-state index in [1.165, 1.54) is 0 Å². The van der Waals surface area contributed by atoms with Crippen LogP contribution in [0.1, 0.15) is 16.8 Å². The van der Waals surface area contributed by atoms with E-state index in [4.69, 9.17) is 0 Å². The Kier molecular flexibility index (Phi) is 7.33. The molecular formula is C22H30N4O3S. The first kappa shape index (κ1) is 22.1. The molecule has 0 spiro atoms. The SMILES string of the molecule is CN(C)c1ccc(C(=O)NCCCS(=O)(=O)N2CCN(c3ccccc3)CC2)cc1. The zero-order valence-electron chi connectivity index (χ0n) is 17.6. The van der Waals surface area contributed by atoms with E-state index in [0.29, 0.717) is 44.7 Å². The van der Waals surface area contributed by atoms with Crippen LogP contribution in [0.25, 0.3) is 0 Å². The number of hydrogen-bond acceptors (Lipinski definition) is 5. The van der Waals surface area contributed by atoms with Crippen molar-refractivity contribution in [1.82, 2.24) is 9.62 Å². The highest BCUT2D eigenvalue weighted by atomic mass is 32.2. The molecule has 0 saturated carbocycles. The van der Waals surface area contributed by atoms with Crippen molar-refractivity contribution < 1.29 is 13.2 Å². The lowest BCUT2D eigenvalue weighted by Crippen LogP contribution is -2.49. The van der Waals surface area contributed by atoms with Crippen molar-refractivity contribution in [2.24, 2.45) is 0 Å². The summed E-state index contributed by atoms with van der Waals surface area (Å²) in [5.41, 5.74) is 2.71. The lowest BCUT2D eigenvalue weighted by molar-refractivity contribution is 0.0953. The number of benzene rings is 2. The average molecular weight is 431 g/mol. The molecular weight excluding hydrogens is 400 g/mol. The second-order valence-electron chi connectivity index (χ2n) is 7.59. The number of hydrogen-bond donors (Lipinski definition) is 1. The first-order valence-corrected chi connectivity index (χ1v) is 11.8. The van der Waals surface area contributed by atoms with Crippen LogP contribution in [-0.2, 0) is 10.0 Å². The molecule has 1 N–H and O–H groups in total. The van der Waals surface area contributed by atoms with Gasteiger partial charge in [0.15, 0.2) is 0 Å². The van der Waals surface area contributed by atoms with Crippen LogP contribution in [0, 0.1) is 0 Å². The van der Waals surface area contributed by atoms with Crippen LogP contribution >= 0.6 is 0 Å². The van der Waals surface area contributed by atoms with Crippen LogP contribution in [-0.4, -0.2) is 71.2 Å². The van der Waals surface area contributed by atoms with Crippen molar-refractivity contribution in [1.29, 1.82) is 0 Å². The normalized spacial score (nSPS) is 15.1. The van der Waals surface area contributed by atoms with Gasteiger partial charge in [-0.3, -0.25) is 4.79 Å². The van der Waals surface area contributed by atoms with Gasteiger partial charge in [-0.05, 0) is 42.8 Å². The molecule has 162 valence electrons. The van der Waals surface area contributed by atoms with Crippen LogP contribution in [0.3, 0.4) is 0 Å². The van der Waals surface area contributed by atoms with E-state index in [1.807, 2.05) is 61.5 Å². The fraction of sp³-hybridized carbons (Fsp3) is 0.409. The maximum atomic E-state index is 12.6. The average Bonchev–Trinajstić information content (AvgIpc) is 2.77. The molecule has 1 aliphatic heterocycles. The third-order valence-corrected chi connectivity index (χ3v) is 7.22. The van der Waals surface area contributed by atoms with E-state index in [-0.39, 0.29) is 11.7 Å². The second kappa shape index (κ2) is 9.95. The van der Waals surface area contributed by atoms with Gasteiger partial charge < -0.3 is 15.1 Å². The van der Waals surface area contributed by atoms with Crippen molar-refractivity contribution >= 4 is 27.3 Å². The van der Waals surface area contributed by atoms with Gasteiger partial charge in [0.25, 0.3) is 5.91 Å². The molecule has 1 amide bonds. The molecule has 0 bridgehead atoms. The van der Waals surface area contributed by atoms with Crippen molar-refractivity contribution in [3.63, 3.8) is 0 Å². The largest absolute Gasteiger partial charge is 0.378 e. The summed E-state index contributed by atoms with van der Waals surface area (Å²) in [6.45, 7) is 2.67. The Hall–Kier alpha value is -2.58. The predicted molar refractivity (Wildman–Crippen MR) is 122 cm³/mol. The number of carbonyl (C=O) groups is 1. The molecule has 2 aromatic rings. The summed E-state index contributed by atoms with van der Waals surface area (Å²) in [6, 6.07) is 17.3. The Morgan fingerprint density at radius 1 is 0.967 bits per heavy atom. The van der Waals surface area contributed by atoms with Gasteiger partial charge in [0.1, 0.15) is 0 Å². The molecule has 0 radical (unpaired) electrons. The van der Waals surface area contributed by atoms with Crippen molar-refractivity contribution in [2.75, 3.05) is 62.4 Å². The molecule has 2 aromatic carbocycles. The van der Waals surface area contributed by atoms with E-state index in [0.717, 1.165) is 11.4 Å². The van der Waals surface area contributed by atoms with Gasteiger partial charge in [0.2, 0.25) is 10.0 Å². The quantitative estimate of drug-likeness (QED) is 0.649. The van der Waals surface area contributed by atoms with E-state index >= 15 is 0 Å². The summed E-state index contributed by atoms with van der Waals surface area (Å²) in [5, 5.41) is 2.81. The minimum Gasteiger partial charge on any atom is -0.378 e. The molecule has 0 unspecified atom stereocenters. The number of sulfonamides is 1. The minimum absolute atomic E-state index is 0.0399. The van der Waals surface area contributed by atoms with Gasteiger partial charge in [-0.1, -0.05) is 18.2 Å². The van der Waals surface area contributed by atoms with E-state index in [1.54, 1.807) is 16.4 Å². The Bertz CT molecular complexity index is 923. The Morgan fingerprint density at radius 2 is 1.60 bits per heavy atom. The molecule has 0 atom stereocenters. The minimum atomic E-state index is -3.32. The number of nitrogens with zero attached hydrogens (tertiary/aromatic N) is 3. The van der Waals surface area contributed by atoms with Gasteiger partial charge in [-0.25, -0.2) is 8.42 Å². The summed E-state index contributed by atoms with van der Waals surface area (Å²) in [7, 11) is 0.566. The van der Waals surface area contributed by atoms with E-state index < -0.39 is 10.0 Å². The molecule has 8 heteroatoms. The summed E-state index contributed by atoms with van der Waals surface area (Å²) >= 11 is 0. The lowest BCUT2D eigenvalue weighted by Gasteiger charge is -2.35. The molecule has 1 fully saturated rings. The number of piperazine rings is 1. The van der Waals surface area contributed by atoms with Gasteiger partial charge in [0, 0.05) is 63.8 Å². The first-order chi connectivity index (χ1) is 14.4. The number of rotatable bonds is 8. The van der Waals surface area contributed by atoms with Crippen LogP contribution in [0.5, 0.6) is 0 Å². The summed E-state index contributed by atoms with van der Waals surface area (Å²) in [4.78, 5) is 16.4. The molecule has 1 aliphatic rings. The maximum Gasteiger partial charge on any atom is 0.251 e. The van der Waals surface area contributed by atoms with Gasteiger partial charge in [0.05, 0.1) is 5.75 Å². The highest BCUT2D eigenvalue weighted by molar-refractivity contribution is 7.89. The highest BCUT2D eigenvalue weighted by Gasteiger charge is 2.26. The van der Waals surface area contributed by atoms with Crippen molar-refractivity contribution in [2.45, 2.75) is 6.42 Å². The number of carbonyl (C=O) groups excluding carboxylic acids is 1. The summed E-state index contributed by atoms with van der Waals surface area (Å²) in [6.07, 6.45) is 0.392. The van der Waals surface area contributed by atoms with Crippen molar-refractivity contribution in [3.05, 3.63) is 60.2 Å². The fourth-order valence-corrected chi connectivity index (χ4v) is 4.95. The van der Waals surface area contributed by atoms with Gasteiger partial charge >= 0.3 is 0 Å². The van der Waals surface area contributed by atoms with Gasteiger partial charge in [-0.2, -0.15) is 4.31 Å². The smallest absolute Gasteiger partial charge is 0.251 e. The topological polar surface area (TPSA) is 73.0 Å². The monoisotopic (exact) mass is 430 g/mol. The van der Waals surface area contributed by atoms with Crippen LogP contribution in [0.15, 0.2) is 54.6 Å². The molecule has 30 heavy (non-hydrogen) atoms. The van der Waals surface area contributed by atoms with E-state index in [9.17, 15) is 13.2 Å². The zero-order chi connectivity index (χ0) is 21.6.